The molecule has 0 rings (SSSR count). The van der Waals surface area contributed by atoms with Gasteiger partial charge >= 0.3 is 11.9 Å². The van der Waals surface area contributed by atoms with Crippen molar-refractivity contribution in [1.29, 1.82) is 0 Å². The van der Waals surface area contributed by atoms with Gasteiger partial charge in [0.2, 0.25) is 5.91 Å². The van der Waals surface area contributed by atoms with Crippen LogP contribution in [-0.4, -0.2) is 34.1 Å². The Labute approximate surface area is 113 Å². The first kappa shape index (κ1) is 17.4. The van der Waals surface area contributed by atoms with Gasteiger partial charge < -0.3 is 15.5 Å². The number of unbranched alkanes of at least 4 members (excludes halogenated alkanes) is 1. The first-order chi connectivity index (χ1) is 8.92. The van der Waals surface area contributed by atoms with Crippen LogP contribution < -0.4 is 5.32 Å². The first-order valence-electron chi connectivity index (χ1n) is 6.67. The standard InChI is InChI=1S/C13H23NO5/c1-3-5-6-9(4-2)12(17)14-10(13(18)19)7-8-11(15)16/h9-10H,3-8H2,1-2H3,(H,14,17)(H,15,16)(H,18,19)/t9?,10-/m0/s1. The van der Waals surface area contributed by atoms with Crippen LogP contribution >= 0.6 is 0 Å². The molecule has 2 atom stereocenters. The fourth-order valence-electron chi connectivity index (χ4n) is 1.79. The summed E-state index contributed by atoms with van der Waals surface area (Å²) in [5, 5.41) is 19.9. The second kappa shape index (κ2) is 9.35. The molecule has 0 saturated heterocycles. The minimum absolute atomic E-state index is 0.0966. The summed E-state index contributed by atoms with van der Waals surface area (Å²) in [6, 6.07) is -1.13. The van der Waals surface area contributed by atoms with Crippen molar-refractivity contribution in [2.24, 2.45) is 5.92 Å². The predicted molar refractivity (Wildman–Crippen MR) is 69.7 cm³/mol. The van der Waals surface area contributed by atoms with E-state index in [0.29, 0.717) is 6.42 Å². The van der Waals surface area contributed by atoms with Crippen molar-refractivity contribution < 1.29 is 24.6 Å². The van der Waals surface area contributed by atoms with Gasteiger partial charge in [0.05, 0.1) is 0 Å². The summed E-state index contributed by atoms with van der Waals surface area (Å²) in [4.78, 5) is 33.3. The van der Waals surface area contributed by atoms with Gasteiger partial charge in [-0.3, -0.25) is 9.59 Å². The molecule has 0 radical (unpaired) electrons. The summed E-state index contributed by atoms with van der Waals surface area (Å²) in [6.45, 7) is 3.91. The monoisotopic (exact) mass is 273 g/mol. The molecule has 0 aliphatic heterocycles. The number of carboxylic acid groups (broad SMARTS) is 2. The Morgan fingerprint density at radius 1 is 1.11 bits per heavy atom. The van der Waals surface area contributed by atoms with Gasteiger partial charge in [0, 0.05) is 12.3 Å². The number of rotatable bonds is 10. The molecule has 0 heterocycles. The molecule has 0 spiro atoms. The molecular formula is C13H23NO5. The lowest BCUT2D eigenvalue weighted by Crippen LogP contribution is -2.43. The van der Waals surface area contributed by atoms with Gasteiger partial charge in [-0.05, 0) is 19.3 Å². The van der Waals surface area contributed by atoms with Crippen molar-refractivity contribution in [3.63, 3.8) is 0 Å². The fourth-order valence-corrected chi connectivity index (χ4v) is 1.79. The summed E-state index contributed by atoms with van der Waals surface area (Å²) in [5.74, 6) is -2.76. The Morgan fingerprint density at radius 3 is 2.16 bits per heavy atom. The molecule has 3 N–H and O–H groups in total. The number of carbonyl (C=O) groups is 3. The molecular weight excluding hydrogens is 250 g/mol. The highest BCUT2D eigenvalue weighted by molar-refractivity contribution is 5.85. The molecule has 110 valence electrons. The molecule has 1 amide bonds. The third-order valence-corrected chi connectivity index (χ3v) is 3.03. The molecule has 0 bridgehead atoms. The number of hydrogen-bond donors (Lipinski definition) is 3. The van der Waals surface area contributed by atoms with Crippen LogP contribution in [0.2, 0.25) is 0 Å². The lowest BCUT2D eigenvalue weighted by molar-refractivity contribution is -0.143. The van der Waals surface area contributed by atoms with E-state index in [1.54, 1.807) is 0 Å². The van der Waals surface area contributed by atoms with Crippen LogP contribution in [-0.2, 0) is 14.4 Å². The van der Waals surface area contributed by atoms with Crippen molar-refractivity contribution >= 4 is 17.8 Å². The molecule has 6 nitrogen and oxygen atoms in total. The van der Waals surface area contributed by atoms with Crippen LogP contribution in [0.4, 0.5) is 0 Å². The van der Waals surface area contributed by atoms with Crippen LogP contribution in [0.25, 0.3) is 0 Å². The summed E-state index contributed by atoms with van der Waals surface area (Å²) < 4.78 is 0. The topological polar surface area (TPSA) is 104 Å². The summed E-state index contributed by atoms with van der Waals surface area (Å²) in [6.07, 6.45) is 2.90. The number of nitrogens with one attached hydrogen (secondary N) is 1. The third kappa shape index (κ3) is 7.43. The zero-order valence-corrected chi connectivity index (χ0v) is 11.5. The van der Waals surface area contributed by atoms with Crippen LogP contribution in [0, 0.1) is 5.92 Å². The highest BCUT2D eigenvalue weighted by Crippen LogP contribution is 2.13. The number of hydrogen-bond acceptors (Lipinski definition) is 3. The van der Waals surface area contributed by atoms with Gasteiger partial charge in [-0.2, -0.15) is 0 Å². The van der Waals surface area contributed by atoms with E-state index in [1.807, 2.05) is 13.8 Å². The normalized spacial score (nSPS) is 13.6. The molecule has 0 saturated carbocycles. The Hall–Kier alpha value is -1.59. The second-order valence-corrected chi connectivity index (χ2v) is 4.58. The van der Waals surface area contributed by atoms with E-state index in [1.165, 1.54) is 0 Å². The Bertz CT molecular complexity index is 316. The second-order valence-electron chi connectivity index (χ2n) is 4.58. The number of carboxylic acids is 2. The van der Waals surface area contributed by atoms with Crippen molar-refractivity contribution in [1.82, 2.24) is 5.32 Å². The summed E-state index contributed by atoms with van der Waals surface area (Å²) in [7, 11) is 0. The van der Waals surface area contributed by atoms with E-state index < -0.39 is 18.0 Å². The van der Waals surface area contributed by atoms with Gasteiger partial charge in [-0.25, -0.2) is 4.79 Å². The first-order valence-corrected chi connectivity index (χ1v) is 6.67. The van der Waals surface area contributed by atoms with Crippen molar-refractivity contribution in [3.8, 4) is 0 Å². The Balaban J connectivity index is 4.42. The van der Waals surface area contributed by atoms with Crippen LogP contribution in [0.1, 0.15) is 52.4 Å². The van der Waals surface area contributed by atoms with Gasteiger partial charge in [0.15, 0.2) is 0 Å². The van der Waals surface area contributed by atoms with Crippen LogP contribution in [0.3, 0.4) is 0 Å². The molecule has 0 aromatic rings. The lowest BCUT2D eigenvalue weighted by Gasteiger charge is -2.18. The lowest BCUT2D eigenvalue weighted by atomic mass is 9.97. The maximum atomic E-state index is 11.9. The zero-order valence-electron chi connectivity index (χ0n) is 11.5. The SMILES string of the molecule is CCCCC(CC)C(=O)N[C@@H](CCC(=O)O)C(=O)O. The van der Waals surface area contributed by atoms with E-state index in [4.69, 9.17) is 10.2 Å². The summed E-state index contributed by atoms with van der Waals surface area (Å²) >= 11 is 0. The smallest absolute Gasteiger partial charge is 0.326 e. The Morgan fingerprint density at radius 2 is 1.74 bits per heavy atom. The molecule has 19 heavy (non-hydrogen) atoms. The van der Waals surface area contributed by atoms with Gasteiger partial charge in [-0.1, -0.05) is 26.7 Å². The molecule has 0 aromatic carbocycles. The molecule has 0 aliphatic rings. The van der Waals surface area contributed by atoms with Crippen LogP contribution in [0.15, 0.2) is 0 Å². The van der Waals surface area contributed by atoms with Gasteiger partial charge in [0.1, 0.15) is 6.04 Å². The average molecular weight is 273 g/mol. The zero-order chi connectivity index (χ0) is 14.8. The third-order valence-electron chi connectivity index (χ3n) is 3.03. The largest absolute Gasteiger partial charge is 0.481 e. The number of carbonyl (C=O) groups excluding carboxylic acids is 1. The predicted octanol–water partition coefficient (Wildman–Crippen LogP) is 1.64. The highest BCUT2D eigenvalue weighted by atomic mass is 16.4. The van der Waals surface area contributed by atoms with E-state index in [0.717, 1.165) is 19.3 Å². The van der Waals surface area contributed by atoms with E-state index >= 15 is 0 Å². The van der Waals surface area contributed by atoms with Crippen molar-refractivity contribution in [2.75, 3.05) is 0 Å². The molecule has 1 unspecified atom stereocenters. The number of aliphatic carboxylic acids is 2. The summed E-state index contributed by atoms with van der Waals surface area (Å²) in [5.41, 5.74) is 0. The molecule has 0 fully saturated rings. The van der Waals surface area contributed by atoms with Crippen molar-refractivity contribution in [2.45, 2.75) is 58.4 Å². The van der Waals surface area contributed by atoms with Gasteiger partial charge in [0.25, 0.3) is 0 Å². The fraction of sp³-hybridized carbons (Fsp3) is 0.769. The van der Waals surface area contributed by atoms with E-state index in [-0.39, 0.29) is 24.7 Å². The van der Waals surface area contributed by atoms with Crippen molar-refractivity contribution in [3.05, 3.63) is 0 Å². The molecule has 0 aliphatic carbocycles. The average Bonchev–Trinajstić information content (AvgIpc) is 2.34. The molecule has 0 aromatic heterocycles. The number of amides is 1. The minimum atomic E-state index is -1.19. The maximum Gasteiger partial charge on any atom is 0.326 e. The van der Waals surface area contributed by atoms with Crippen LogP contribution in [0.5, 0.6) is 0 Å². The van der Waals surface area contributed by atoms with E-state index in [2.05, 4.69) is 5.32 Å². The molecule has 6 heteroatoms. The maximum absolute atomic E-state index is 11.9. The minimum Gasteiger partial charge on any atom is -0.481 e. The van der Waals surface area contributed by atoms with E-state index in [9.17, 15) is 14.4 Å². The van der Waals surface area contributed by atoms with Gasteiger partial charge in [-0.15, -0.1) is 0 Å². The highest BCUT2D eigenvalue weighted by Gasteiger charge is 2.24. The Kier molecular flexibility index (Phi) is 8.57. The quantitative estimate of drug-likeness (QED) is 0.561.